The summed E-state index contributed by atoms with van der Waals surface area (Å²) in [6.07, 6.45) is 0.152. The van der Waals surface area contributed by atoms with Gasteiger partial charge < -0.3 is 5.32 Å². The van der Waals surface area contributed by atoms with Crippen LogP contribution in [0.5, 0.6) is 0 Å². The van der Waals surface area contributed by atoms with Crippen LogP contribution in [0.4, 0.5) is 5.69 Å². The molecule has 0 bridgehead atoms. The lowest BCUT2D eigenvalue weighted by atomic mass is 10.2. The fourth-order valence-corrected chi connectivity index (χ4v) is 2.51. The summed E-state index contributed by atoms with van der Waals surface area (Å²) in [6, 6.07) is 4.27. The molecule has 2 amide bonds. The van der Waals surface area contributed by atoms with E-state index < -0.39 is 15.9 Å². The maximum Gasteiger partial charge on any atom is 0.257 e. The average molecular weight is 269 g/mol. The van der Waals surface area contributed by atoms with E-state index in [0.717, 1.165) is 0 Å². The van der Waals surface area contributed by atoms with Crippen molar-refractivity contribution in [3.8, 4) is 0 Å². The van der Waals surface area contributed by atoms with Crippen LogP contribution in [0.3, 0.4) is 0 Å². The number of rotatable bonds is 3. The van der Waals surface area contributed by atoms with Gasteiger partial charge in [0.2, 0.25) is 11.8 Å². The lowest BCUT2D eigenvalue weighted by Gasteiger charge is -2.07. The van der Waals surface area contributed by atoms with E-state index in [0.29, 0.717) is 11.3 Å². The lowest BCUT2D eigenvalue weighted by Crippen LogP contribution is -2.40. The Morgan fingerprint density at radius 2 is 2.11 bits per heavy atom. The predicted octanol–water partition coefficient (Wildman–Crippen LogP) is -0.489. The molecule has 1 aliphatic heterocycles. The summed E-state index contributed by atoms with van der Waals surface area (Å²) in [6.45, 7) is 1.19. The van der Waals surface area contributed by atoms with Gasteiger partial charge in [-0.05, 0) is 23.8 Å². The second-order valence-corrected chi connectivity index (χ2v) is 5.51. The minimum Gasteiger partial charge on any atom is -0.326 e. The van der Waals surface area contributed by atoms with E-state index in [2.05, 4.69) is 5.32 Å². The number of hydrazine groups is 1. The first-order valence-corrected chi connectivity index (χ1v) is 6.58. The maximum atomic E-state index is 11.8. The first-order chi connectivity index (χ1) is 8.38. The number of hydrogen-bond acceptors (Lipinski definition) is 4. The Morgan fingerprint density at radius 3 is 2.78 bits per heavy atom. The zero-order valence-corrected chi connectivity index (χ0v) is 10.3. The van der Waals surface area contributed by atoms with Gasteiger partial charge in [-0.1, -0.05) is 0 Å². The van der Waals surface area contributed by atoms with Crippen molar-refractivity contribution < 1.29 is 18.0 Å². The summed E-state index contributed by atoms with van der Waals surface area (Å²) in [4.78, 5) is 23.7. The number of anilines is 1. The first-order valence-electron chi connectivity index (χ1n) is 5.09. The Kier molecular flexibility index (Phi) is 3.05. The van der Waals surface area contributed by atoms with Crippen LogP contribution in [0, 0.1) is 0 Å². The van der Waals surface area contributed by atoms with Gasteiger partial charge in [0.05, 0.1) is 11.3 Å². The number of carbonyl (C=O) groups is 2. The number of amides is 2. The van der Waals surface area contributed by atoms with Gasteiger partial charge in [0.1, 0.15) is 0 Å². The molecule has 2 rings (SSSR count). The van der Waals surface area contributed by atoms with Crippen molar-refractivity contribution in [2.45, 2.75) is 18.2 Å². The number of fused-ring (bicyclic) bond motifs is 1. The van der Waals surface area contributed by atoms with Crippen molar-refractivity contribution in [1.29, 1.82) is 0 Å². The van der Waals surface area contributed by atoms with Crippen molar-refractivity contribution in [2.75, 3.05) is 5.32 Å². The first kappa shape index (κ1) is 12.5. The molecule has 0 fully saturated rings. The van der Waals surface area contributed by atoms with Gasteiger partial charge in [0.25, 0.3) is 10.0 Å². The highest BCUT2D eigenvalue weighted by atomic mass is 32.2. The van der Waals surface area contributed by atoms with Crippen LogP contribution >= 0.6 is 0 Å². The summed E-state index contributed by atoms with van der Waals surface area (Å²) in [5.41, 5.74) is 3.23. The van der Waals surface area contributed by atoms with E-state index in [1.165, 1.54) is 25.1 Å². The molecular weight excluding hydrogens is 258 g/mol. The van der Waals surface area contributed by atoms with Crippen LogP contribution in [0.15, 0.2) is 23.1 Å². The quantitative estimate of drug-likeness (QED) is 0.644. The molecule has 1 aromatic rings. The van der Waals surface area contributed by atoms with E-state index in [1.807, 2.05) is 10.3 Å². The summed E-state index contributed by atoms with van der Waals surface area (Å²) >= 11 is 0. The molecule has 8 heteroatoms. The van der Waals surface area contributed by atoms with Crippen molar-refractivity contribution in [3.05, 3.63) is 23.8 Å². The number of nitrogens with one attached hydrogen (secondary N) is 3. The minimum absolute atomic E-state index is 0.00787. The Morgan fingerprint density at radius 1 is 1.39 bits per heavy atom. The SMILES string of the molecule is CC(=O)NNS(=O)(=O)c1ccc2c(c1)CC(=O)N2. The molecule has 0 saturated heterocycles. The fourth-order valence-electron chi connectivity index (χ4n) is 1.57. The number of hydrogen-bond donors (Lipinski definition) is 3. The molecule has 0 radical (unpaired) electrons. The van der Waals surface area contributed by atoms with Crippen molar-refractivity contribution in [1.82, 2.24) is 10.3 Å². The summed E-state index contributed by atoms with van der Waals surface area (Å²) in [7, 11) is -3.82. The Labute approximate surface area is 104 Å². The highest BCUT2D eigenvalue weighted by Gasteiger charge is 2.21. The molecule has 0 saturated carbocycles. The standard InChI is InChI=1S/C10H11N3O4S/c1-6(14)12-13-18(16,17)8-2-3-9-7(4-8)5-10(15)11-9/h2-4,13H,5H2,1H3,(H,11,15)(H,12,14). The highest BCUT2D eigenvalue weighted by molar-refractivity contribution is 7.89. The maximum absolute atomic E-state index is 11.8. The van der Waals surface area contributed by atoms with Crippen LogP contribution in [-0.4, -0.2) is 20.2 Å². The Bertz CT molecular complexity index is 624. The van der Waals surface area contributed by atoms with Crippen molar-refractivity contribution >= 4 is 27.5 Å². The average Bonchev–Trinajstić information content (AvgIpc) is 2.65. The molecule has 1 aliphatic rings. The molecule has 0 unspecified atom stereocenters. The molecule has 0 spiro atoms. The molecule has 1 heterocycles. The summed E-state index contributed by atoms with van der Waals surface area (Å²) < 4.78 is 23.6. The Hall–Kier alpha value is -1.93. The number of benzene rings is 1. The second-order valence-electron chi connectivity index (χ2n) is 3.83. The van der Waals surface area contributed by atoms with Crippen molar-refractivity contribution in [3.63, 3.8) is 0 Å². The fraction of sp³-hybridized carbons (Fsp3) is 0.200. The molecule has 7 nitrogen and oxygen atoms in total. The summed E-state index contributed by atoms with van der Waals surface area (Å²) in [5.74, 6) is -0.689. The smallest absolute Gasteiger partial charge is 0.257 e. The van der Waals surface area contributed by atoms with Gasteiger partial charge in [0, 0.05) is 12.6 Å². The van der Waals surface area contributed by atoms with Gasteiger partial charge in [-0.2, -0.15) is 0 Å². The molecule has 0 aliphatic carbocycles. The van der Waals surface area contributed by atoms with Crippen molar-refractivity contribution in [2.24, 2.45) is 0 Å². The molecule has 0 atom stereocenters. The third-order valence-corrected chi connectivity index (χ3v) is 3.62. The molecule has 96 valence electrons. The number of sulfonamides is 1. The van der Waals surface area contributed by atoms with Crippen LogP contribution in [0.1, 0.15) is 12.5 Å². The van der Waals surface area contributed by atoms with Crippen LogP contribution in [0.2, 0.25) is 0 Å². The van der Waals surface area contributed by atoms with Gasteiger partial charge in [-0.3, -0.25) is 15.0 Å². The van der Waals surface area contributed by atoms with Gasteiger partial charge >= 0.3 is 0 Å². The van der Waals surface area contributed by atoms with Gasteiger partial charge in [-0.25, -0.2) is 8.42 Å². The zero-order valence-electron chi connectivity index (χ0n) is 9.48. The second kappa shape index (κ2) is 4.39. The van der Waals surface area contributed by atoms with Crippen LogP contribution < -0.4 is 15.6 Å². The van der Waals surface area contributed by atoms with E-state index >= 15 is 0 Å². The normalized spacial score (nSPS) is 13.9. The van der Waals surface area contributed by atoms with Crippen LogP contribution in [-0.2, 0) is 26.0 Å². The highest BCUT2D eigenvalue weighted by Crippen LogP contribution is 2.25. The molecule has 1 aromatic carbocycles. The third kappa shape index (κ3) is 2.49. The van der Waals surface area contributed by atoms with E-state index in [4.69, 9.17) is 0 Å². The van der Waals surface area contributed by atoms with E-state index in [-0.39, 0.29) is 17.2 Å². The molecule has 3 N–H and O–H groups in total. The summed E-state index contributed by atoms with van der Waals surface area (Å²) in [5, 5.41) is 2.60. The monoisotopic (exact) mass is 269 g/mol. The third-order valence-electron chi connectivity index (χ3n) is 2.37. The van der Waals surface area contributed by atoms with Gasteiger partial charge in [0.15, 0.2) is 0 Å². The number of carbonyl (C=O) groups excluding carboxylic acids is 2. The Balaban J connectivity index is 2.27. The molecule has 0 aromatic heterocycles. The van der Waals surface area contributed by atoms with Gasteiger partial charge in [-0.15, -0.1) is 4.83 Å². The van der Waals surface area contributed by atoms with E-state index in [9.17, 15) is 18.0 Å². The van der Waals surface area contributed by atoms with Crippen LogP contribution in [0.25, 0.3) is 0 Å². The lowest BCUT2D eigenvalue weighted by molar-refractivity contribution is -0.119. The molecule has 18 heavy (non-hydrogen) atoms. The van der Waals surface area contributed by atoms with E-state index in [1.54, 1.807) is 0 Å². The topological polar surface area (TPSA) is 104 Å². The largest absolute Gasteiger partial charge is 0.326 e. The predicted molar refractivity (Wildman–Crippen MR) is 62.9 cm³/mol. The molecular formula is C10H11N3O4S. The zero-order chi connectivity index (χ0) is 13.3. The minimum atomic E-state index is -3.82.